The van der Waals surface area contributed by atoms with Gasteiger partial charge in [0.2, 0.25) is 0 Å². The average molecular weight is 280 g/mol. The molecule has 1 spiro atoms. The van der Waals surface area contributed by atoms with Crippen LogP contribution >= 0.6 is 22.9 Å². The molecule has 0 aliphatic carbocycles. The average Bonchev–Trinajstić information content (AvgIpc) is 2.32. The second kappa shape index (κ2) is 3.42. The fourth-order valence-corrected chi connectivity index (χ4v) is 3.70. The number of hydrogen-bond donors (Lipinski definition) is 0. The molecule has 0 aromatic heterocycles. The monoisotopic (exact) mass is 280 g/mol. The minimum atomic E-state index is 0.661. The summed E-state index contributed by atoms with van der Waals surface area (Å²) < 4.78 is 2.47. The molecule has 2 aliphatic heterocycles. The van der Waals surface area contributed by atoms with Gasteiger partial charge in [-0.2, -0.15) is 0 Å². The molecule has 0 saturated carbocycles. The van der Waals surface area contributed by atoms with Crippen LogP contribution in [0.3, 0.4) is 0 Å². The van der Waals surface area contributed by atoms with Crippen molar-refractivity contribution in [3.8, 4) is 0 Å². The maximum absolute atomic E-state index is 2.48. The van der Waals surface area contributed by atoms with E-state index in [1.54, 1.807) is 0 Å². The highest BCUT2D eigenvalue weighted by molar-refractivity contribution is 14.1. The van der Waals surface area contributed by atoms with Crippen molar-refractivity contribution < 1.29 is 0 Å². The van der Waals surface area contributed by atoms with Crippen molar-refractivity contribution in [2.45, 2.75) is 19.3 Å². The second-order valence-electron chi connectivity index (χ2n) is 4.44. The Morgan fingerprint density at radius 1 is 1.17 bits per heavy atom. The molecule has 2 fully saturated rings. The Kier molecular flexibility index (Phi) is 2.63. The molecule has 12 heavy (non-hydrogen) atoms. The van der Waals surface area contributed by atoms with Crippen molar-refractivity contribution in [1.82, 2.24) is 8.01 Å². The van der Waals surface area contributed by atoms with E-state index < -0.39 is 0 Å². The van der Waals surface area contributed by atoms with Crippen molar-refractivity contribution >= 4 is 22.9 Å². The van der Waals surface area contributed by atoms with Crippen LogP contribution in [-0.2, 0) is 0 Å². The van der Waals surface area contributed by atoms with Crippen LogP contribution in [0.15, 0.2) is 0 Å². The van der Waals surface area contributed by atoms with Gasteiger partial charge >= 0.3 is 0 Å². The molecule has 2 rings (SSSR count). The fraction of sp³-hybridized carbons (Fsp3) is 1.00. The Morgan fingerprint density at radius 2 is 2.00 bits per heavy atom. The predicted octanol–water partition coefficient (Wildman–Crippen LogP) is 1.75. The summed E-state index contributed by atoms with van der Waals surface area (Å²) in [5.41, 5.74) is 0.661. The number of halogens is 1. The lowest BCUT2D eigenvalue weighted by atomic mass is 9.80. The SMILES string of the molecule is CN1CCC2(CCCN(I)C2)C1. The minimum Gasteiger partial charge on any atom is -0.306 e. The van der Waals surface area contributed by atoms with Crippen LogP contribution in [0.1, 0.15) is 19.3 Å². The smallest absolute Gasteiger partial charge is 0.0201 e. The van der Waals surface area contributed by atoms with Crippen LogP contribution in [-0.4, -0.2) is 41.2 Å². The number of hydrogen-bond acceptors (Lipinski definition) is 2. The summed E-state index contributed by atoms with van der Waals surface area (Å²) in [7, 11) is 2.25. The molecule has 0 amide bonds. The topological polar surface area (TPSA) is 6.48 Å². The Bertz CT molecular complexity index is 170. The largest absolute Gasteiger partial charge is 0.306 e. The van der Waals surface area contributed by atoms with E-state index in [4.69, 9.17) is 0 Å². The van der Waals surface area contributed by atoms with Gasteiger partial charge in [-0.25, -0.2) is 3.11 Å². The van der Waals surface area contributed by atoms with Gasteiger partial charge in [0.1, 0.15) is 0 Å². The normalized spacial score (nSPS) is 39.5. The Hall–Kier alpha value is 0.650. The maximum atomic E-state index is 2.48. The molecule has 1 unspecified atom stereocenters. The van der Waals surface area contributed by atoms with Gasteiger partial charge in [-0.3, -0.25) is 0 Å². The molecular weight excluding hydrogens is 263 g/mol. The first-order valence-electron chi connectivity index (χ1n) is 4.80. The number of rotatable bonds is 0. The Balaban J connectivity index is 2.00. The van der Waals surface area contributed by atoms with E-state index in [2.05, 4.69) is 37.9 Å². The lowest BCUT2D eigenvalue weighted by molar-refractivity contribution is 0.172. The van der Waals surface area contributed by atoms with Gasteiger partial charge in [-0.1, -0.05) is 0 Å². The molecule has 0 radical (unpaired) electrons. The van der Waals surface area contributed by atoms with Crippen molar-refractivity contribution in [2.24, 2.45) is 5.41 Å². The molecule has 70 valence electrons. The quantitative estimate of drug-likeness (QED) is 0.493. The first-order chi connectivity index (χ1) is 5.70. The Labute approximate surface area is 88.8 Å². The van der Waals surface area contributed by atoms with Gasteiger partial charge in [0.25, 0.3) is 0 Å². The highest BCUT2D eigenvalue weighted by Gasteiger charge is 2.39. The molecule has 3 heteroatoms. The molecular formula is C9H17IN2. The zero-order valence-electron chi connectivity index (χ0n) is 7.72. The Morgan fingerprint density at radius 3 is 2.58 bits per heavy atom. The standard InChI is InChI=1S/C9H17IN2/c1-11-6-4-9(7-11)3-2-5-12(10)8-9/h2-8H2,1H3. The van der Waals surface area contributed by atoms with Gasteiger partial charge in [-0.05, 0) is 38.3 Å². The molecule has 2 nitrogen and oxygen atoms in total. The van der Waals surface area contributed by atoms with Crippen molar-refractivity contribution in [1.29, 1.82) is 0 Å². The van der Waals surface area contributed by atoms with Gasteiger partial charge < -0.3 is 4.90 Å². The van der Waals surface area contributed by atoms with Crippen LogP contribution in [0, 0.1) is 5.41 Å². The summed E-state index contributed by atoms with van der Waals surface area (Å²) in [4.78, 5) is 2.48. The zero-order valence-corrected chi connectivity index (χ0v) is 9.88. The maximum Gasteiger partial charge on any atom is 0.0201 e. The van der Waals surface area contributed by atoms with E-state index in [1.807, 2.05) is 0 Å². The fourth-order valence-electron chi connectivity index (χ4n) is 2.64. The number of nitrogens with zero attached hydrogens (tertiary/aromatic N) is 2. The first kappa shape index (κ1) is 9.21. The summed E-state index contributed by atoms with van der Waals surface area (Å²) in [6.45, 7) is 5.25. The number of piperidine rings is 1. The third-order valence-electron chi connectivity index (χ3n) is 3.24. The second-order valence-corrected chi connectivity index (χ2v) is 5.80. The predicted molar refractivity (Wildman–Crippen MR) is 59.4 cm³/mol. The molecule has 0 N–H and O–H groups in total. The molecule has 1 atom stereocenters. The van der Waals surface area contributed by atoms with Gasteiger partial charge in [-0.15, -0.1) is 0 Å². The van der Waals surface area contributed by atoms with Crippen LogP contribution in [0.5, 0.6) is 0 Å². The highest BCUT2D eigenvalue weighted by atomic mass is 127. The van der Waals surface area contributed by atoms with E-state index in [0.29, 0.717) is 5.41 Å². The molecule has 2 saturated heterocycles. The van der Waals surface area contributed by atoms with Crippen LogP contribution in [0.25, 0.3) is 0 Å². The molecule has 0 bridgehead atoms. The summed E-state index contributed by atoms with van der Waals surface area (Å²) in [6, 6.07) is 0. The summed E-state index contributed by atoms with van der Waals surface area (Å²) in [5.74, 6) is 0. The highest BCUT2D eigenvalue weighted by Crippen LogP contribution is 2.39. The summed E-state index contributed by atoms with van der Waals surface area (Å²) in [6.07, 6.45) is 4.27. The van der Waals surface area contributed by atoms with Gasteiger partial charge in [0.05, 0.1) is 0 Å². The van der Waals surface area contributed by atoms with Crippen molar-refractivity contribution in [2.75, 3.05) is 33.2 Å². The summed E-state index contributed by atoms with van der Waals surface area (Å²) in [5, 5.41) is 0. The number of likely N-dealkylation sites (tertiary alicyclic amines) is 1. The minimum absolute atomic E-state index is 0.661. The van der Waals surface area contributed by atoms with Gasteiger partial charge in [0.15, 0.2) is 0 Å². The van der Waals surface area contributed by atoms with E-state index in [1.165, 1.54) is 45.4 Å². The van der Waals surface area contributed by atoms with E-state index >= 15 is 0 Å². The van der Waals surface area contributed by atoms with E-state index in [9.17, 15) is 0 Å². The molecule has 0 aromatic carbocycles. The van der Waals surface area contributed by atoms with E-state index in [0.717, 1.165) is 0 Å². The van der Waals surface area contributed by atoms with Crippen LogP contribution in [0.4, 0.5) is 0 Å². The lowest BCUT2D eigenvalue weighted by Gasteiger charge is -2.37. The molecule has 2 heterocycles. The molecule has 0 aromatic rings. The third kappa shape index (κ3) is 1.77. The van der Waals surface area contributed by atoms with Crippen molar-refractivity contribution in [3.05, 3.63) is 0 Å². The van der Waals surface area contributed by atoms with E-state index in [-0.39, 0.29) is 0 Å². The summed E-state index contributed by atoms with van der Waals surface area (Å²) >= 11 is 2.48. The molecule has 2 aliphatic rings. The van der Waals surface area contributed by atoms with Crippen molar-refractivity contribution in [3.63, 3.8) is 0 Å². The van der Waals surface area contributed by atoms with Crippen LogP contribution in [0.2, 0.25) is 0 Å². The lowest BCUT2D eigenvalue weighted by Crippen LogP contribution is -2.40. The third-order valence-corrected chi connectivity index (χ3v) is 4.07. The van der Waals surface area contributed by atoms with Crippen LogP contribution < -0.4 is 0 Å². The van der Waals surface area contributed by atoms with Gasteiger partial charge in [0, 0.05) is 42.5 Å². The first-order valence-corrected chi connectivity index (χ1v) is 5.76. The zero-order chi connectivity index (χ0) is 8.60.